The summed E-state index contributed by atoms with van der Waals surface area (Å²) in [6.07, 6.45) is 1.72. The van der Waals surface area contributed by atoms with E-state index < -0.39 is 0 Å². The predicted molar refractivity (Wildman–Crippen MR) is 85.1 cm³/mol. The molecule has 5 nitrogen and oxygen atoms in total. The van der Waals surface area contributed by atoms with Crippen molar-refractivity contribution < 1.29 is 9.59 Å². The number of aromatic nitrogens is 2. The number of amides is 1. The van der Waals surface area contributed by atoms with Crippen LogP contribution in [0.3, 0.4) is 0 Å². The Balaban J connectivity index is 1.81. The third-order valence-electron chi connectivity index (χ3n) is 3.54. The highest BCUT2D eigenvalue weighted by molar-refractivity contribution is 6.06. The maximum absolute atomic E-state index is 12.3. The third-order valence-corrected chi connectivity index (χ3v) is 3.54. The van der Waals surface area contributed by atoms with Gasteiger partial charge in [-0.2, -0.15) is 0 Å². The van der Waals surface area contributed by atoms with Crippen LogP contribution in [0, 0.1) is 0 Å². The standard InChI is InChI=1S/C17H15N3O2/c1-11(21)12-3-6-14(7-4-12)19-17(22)13-5-8-16-15(9-13)18-10-20(16)2/h3-10H,1-2H3,(H,19,22). The maximum atomic E-state index is 12.3. The first-order chi connectivity index (χ1) is 10.5. The number of nitrogens with one attached hydrogen (secondary N) is 1. The van der Waals surface area contributed by atoms with E-state index in [1.807, 2.05) is 17.7 Å². The van der Waals surface area contributed by atoms with Gasteiger partial charge in [-0.3, -0.25) is 9.59 Å². The Bertz CT molecular complexity index is 863. The zero-order chi connectivity index (χ0) is 15.7. The smallest absolute Gasteiger partial charge is 0.255 e. The third kappa shape index (κ3) is 2.61. The summed E-state index contributed by atoms with van der Waals surface area (Å²) in [6, 6.07) is 12.2. The predicted octanol–water partition coefficient (Wildman–Crippen LogP) is 3.03. The number of aryl methyl sites for hydroxylation is 1. The van der Waals surface area contributed by atoms with Gasteiger partial charge in [0.1, 0.15) is 0 Å². The summed E-state index contributed by atoms with van der Waals surface area (Å²) >= 11 is 0. The van der Waals surface area contributed by atoms with Crippen LogP contribution in [0.15, 0.2) is 48.8 Å². The summed E-state index contributed by atoms with van der Waals surface area (Å²) < 4.78 is 1.90. The maximum Gasteiger partial charge on any atom is 0.255 e. The number of Topliss-reactive ketones (excluding diaryl/α,β-unsaturated/α-hetero) is 1. The second-order valence-corrected chi connectivity index (χ2v) is 5.15. The van der Waals surface area contributed by atoms with Crippen LogP contribution in [0.25, 0.3) is 11.0 Å². The molecule has 0 unspecified atom stereocenters. The molecule has 3 aromatic rings. The quantitative estimate of drug-likeness (QED) is 0.755. The summed E-state index contributed by atoms with van der Waals surface area (Å²) in [7, 11) is 1.91. The van der Waals surface area contributed by atoms with Crippen molar-refractivity contribution in [2.45, 2.75) is 6.92 Å². The van der Waals surface area contributed by atoms with Crippen LogP contribution >= 0.6 is 0 Å². The Morgan fingerprint density at radius 2 is 1.73 bits per heavy atom. The Morgan fingerprint density at radius 1 is 1.05 bits per heavy atom. The molecule has 0 bridgehead atoms. The average molecular weight is 293 g/mol. The van der Waals surface area contributed by atoms with E-state index >= 15 is 0 Å². The largest absolute Gasteiger partial charge is 0.334 e. The van der Waals surface area contributed by atoms with Gasteiger partial charge in [0.05, 0.1) is 17.4 Å². The van der Waals surface area contributed by atoms with Crippen molar-refractivity contribution in [3.05, 3.63) is 59.9 Å². The molecular formula is C17H15N3O2. The van der Waals surface area contributed by atoms with Gasteiger partial charge in [-0.05, 0) is 49.4 Å². The molecule has 1 N–H and O–H groups in total. The molecule has 1 heterocycles. The molecule has 1 amide bonds. The van der Waals surface area contributed by atoms with Crippen LogP contribution in [-0.4, -0.2) is 21.2 Å². The van der Waals surface area contributed by atoms with Gasteiger partial charge in [-0.25, -0.2) is 4.98 Å². The molecule has 0 aliphatic heterocycles. The number of rotatable bonds is 3. The first-order valence-electron chi connectivity index (χ1n) is 6.88. The summed E-state index contributed by atoms with van der Waals surface area (Å²) in [6.45, 7) is 1.51. The minimum absolute atomic E-state index is 0.00141. The fourth-order valence-corrected chi connectivity index (χ4v) is 2.27. The Labute approximate surface area is 127 Å². The summed E-state index contributed by atoms with van der Waals surface area (Å²) in [5, 5.41) is 2.81. The second kappa shape index (κ2) is 5.44. The van der Waals surface area contributed by atoms with Crippen molar-refractivity contribution in [3.8, 4) is 0 Å². The van der Waals surface area contributed by atoms with Crippen LogP contribution in [0.2, 0.25) is 0 Å². The van der Waals surface area contributed by atoms with E-state index in [-0.39, 0.29) is 11.7 Å². The van der Waals surface area contributed by atoms with Gasteiger partial charge < -0.3 is 9.88 Å². The van der Waals surface area contributed by atoms with Crippen LogP contribution in [0.5, 0.6) is 0 Å². The van der Waals surface area contributed by atoms with E-state index in [2.05, 4.69) is 10.3 Å². The number of carbonyl (C=O) groups excluding carboxylic acids is 2. The van der Waals surface area contributed by atoms with E-state index in [1.54, 1.807) is 42.7 Å². The lowest BCUT2D eigenvalue weighted by Gasteiger charge is -2.06. The van der Waals surface area contributed by atoms with E-state index in [0.29, 0.717) is 16.8 Å². The van der Waals surface area contributed by atoms with Gasteiger partial charge in [0.2, 0.25) is 0 Å². The van der Waals surface area contributed by atoms with Crippen molar-refractivity contribution in [3.63, 3.8) is 0 Å². The lowest BCUT2D eigenvalue weighted by molar-refractivity contribution is 0.101. The number of hydrogen-bond donors (Lipinski definition) is 1. The normalized spacial score (nSPS) is 10.6. The van der Waals surface area contributed by atoms with Gasteiger partial charge >= 0.3 is 0 Å². The zero-order valence-corrected chi connectivity index (χ0v) is 12.3. The molecule has 22 heavy (non-hydrogen) atoms. The molecule has 0 aliphatic rings. The Hall–Kier alpha value is -2.95. The molecule has 110 valence electrons. The molecule has 0 atom stereocenters. The number of imidazole rings is 1. The van der Waals surface area contributed by atoms with Crippen LogP contribution in [0.1, 0.15) is 27.6 Å². The average Bonchev–Trinajstić information content (AvgIpc) is 2.88. The van der Waals surface area contributed by atoms with Crippen LogP contribution in [0.4, 0.5) is 5.69 Å². The lowest BCUT2D eigenvalue weighted by Crippen LogP contribution is -2.11. The SMILES string of the molecule is CC(=O)c1ccc(NC(=O)c2ccc3c(c2)ncn3C)cc1. The van der Waals surface area contributed by atoms with Crippen molar-refractivity contribution in [1.82, 2.24) is 9.55 Å². The molecule has 3 rings (SSSR count). The van der Waals surface area contributed by atoms with E-state index in [4.69, 9.17) is 0 Å². The minimum Gasteiger partial charge on any atom is -0.334 e. The van der Waals surface area contributed by atoms with Gasteiger partial charge in [0, 0.05) is 23.9 Å². The molecule has 2 aromatic carbocycles. The van der Waals surface area contributed by atoms with Crippen molar-refractivity contribution >= 4 is 28.4 Å². The zero-order valence-electron chi connectivity index (χ0n) is 12.3. The number of nitrogens with zero attached hydrogens (tertiary/aromatic N) is 2. The number of hydrogen-bond acceptors (Lipinski definition) is 3. The fourth-order valence-electron chi connectivity index (χ4n) is 2.27. The number of benzene rings is 2. The fraction of sp³-hybridized carbons (Fsp3) is 0.118. The molecule has 5 heteroatoms. The van der Waals surface area contributed by atoms with Crippen LogP contribution in [-0.2, 0) is 7.05 Å². The number of carbonyl (C=O) groups is 2. The van der Waals surface area contributed by atoms with E-state index in [9.17, 15) is 9.59 Å². The van der Waals surface area contributed by atoms with Gasteiger partial charge in [-0.15, -0.1) is 0 Å². The first kappa shape index (κ1) is 14.0. The molecule has 0 aliphatic carbocycles. The summed E-state index contributed by atoms with van der Waals surface area (Å²) in [4.78, 5) is 27.7. The number of fused-ring (bicyclic) bond motifs is 1. The monoisotopic (exact) mass is 293 g/mol. The minimum atomic E-state index is -0.205. The summed E-state index contributed by atoms with van der Waals surface area (Å²) in [5.74, 6) is -0.207. The molecule has 0 saturated carbocycles. The Kier molecular flexibility index (Phi) is 3.47. The highest BCUT2D eigenvalue weighted by atomic mass is 16.1. The topological polar surface area (TPSA) is 64.0 Å². The second-order valence-electron chi connectivity index (χ2n) is 5.15. The molecule has 0 fully saturated rings. The first-order valence-corrected chi connectivity index (χ1v) is 6.88. The van der Waals surface area contributed by atoms with Crippen LogP contribution < -0.4 is 5.32 Å². The lowest BCUT2D eigenvalue weighted by atomic mass is 10.1. The number of anilines is 1. The van der Waals surface area contributed by atoms with Gasteiger partial charge in [0.25, 0.3) is 5.91 Å². The molecule has 0 saturated heterocycles. The molecular weight excluding hydrogens is 278 g/mol. The van der Waals surface area contributed by atoms with E-state index in [0.717, 1.165) is 11.0 Å². The summed E-state index contributed by atoms with van der Waals surface area (Å²) in [5.41, 5.74) is 3.57. The van der Waals surface area contributed by atoms with Gasteiger partial charge in [-0.1, -0.05) is 0 Å². The van der Waals surface area contributed by atoms with Crippen molar-refractivity contribution in [1.29, 1.82) is 0 Å². The molecule has 0 spiro atoms. The van der Waals surface area contributed by atoms with Crippen molar-refractivity contribution in [2.75, 3.05) is 5.32 Å². The molecule has 1 aromatic heterocycles. The highest BCUT2D eigenvalue weighted by Crippen LogP contribution is 2.16. The van der Waals surface area contributed by atoms with Gasteiger partial charge in [0.15, 0.2) is 5.78 Å². The molecule has 0 radical (unpaired) electrons. The Morgan fingerprint density at radius 3 is 2.41 bits per heavy atom. The number of ketones is 1. The highest BCUT2D eigenvalue weighted by Gasteiger charge is 2.09. The van der Waals surface area contributed by atoms with E-state index in [1.165, 1.54) is 6.92 Å². The van der Waals surface area contributed by atoms with Crippen molar-refractivity contribution in [2.24, 2.45) is 7.05 Å².